The van der Waals surface area contributed by atoms with Gasteiger partial charge in [0.25, 0.3) is 10.0 Å². The third-order valence-corrected chi connectivity index (χ3v) is 5.57. The molecule has 0 aliphatic heterocycles. The molecule has 0 saturated heterocycles. The molecular weight excluding hydrogens is 296 g/mol. The molecule has 7 heteroatoms. The minimum absolute atomic E-state index is 0.259. The van der Waals surface area contributed by atoms with E-state index in [9.17, 15) is 8.42 Å². The summed E-state index contributed by atoms with van der Waals surface area (Å²) in [5.41, 5.74) is 6.91. The van der Waals surface area contributed by atoms with E-state index in [4.69, 9.17) is 10.5 Å². The van der Waals surface area contributed by atoms with Crippen molar-refractivity contribution in [1.82, 2.24) is 0 Å². The Morgan fingerprint density at radius 1 is 1.30 bits per heavy atom. The molecule has 0 saturated carbocycles. The van der Waals surface area contributed by atoms with Crippen LogP contribution in [-0.2, 0) is 27.9 Å². The molecule has 0 fully saturated rings. The van der Waals surface area contributed by atoms with Crippen LogP contribution >= 0.6 is 11.3 Å². The fourth-order valence-electron chi connectivity index (χ4n) is 1.71. The van der Waals surface area contributed by atoms with Gasteiger partial charge in [-0.3, -0.25) is 4.72 Å². The largest absolute Gasteiger partial charge is 0.380 e. The predicted molar refractivity (Wildman–Crippen MR) is 80.2 cm³/mol. The molecule has 1 aromatic carbocycles. The molecule has 0 aliphatic rings. The fraction of sp³-hybridized carbons (Fsp3) is 0.231. The van der Waals surface area contributed by atoms with Crippen molar-refractivity contribution in [3.05, 3.63) is 46.8 Å². The number of rotatable bonds is 6. The number of methoxy groups -OCH3 is 1. The summed E-state index contributed by atoms with van der Waals surface area (Å²) in [4.78, 5) is 0.832. The minimum Gasteiger partial charge on any atom is -0.380 e. The Kier molecular flexibility index (Phi) is 4.77. The molecule has 1 heterocycles. The summed E-state index contributed by atoms with van der Waals surface area (Å²) in [5.74, 6) is 0. The second kappa shape index (κ2) is 6.36. The van der Waals surface area contributed by atoms with E-state index in [1.807, 2.05) is 6.07 Å². The van der Waals surface area contributed by atoms with Crippen LogP contribution in [0.3, 0.4) is 0 Å². The Morgan fingerprint density at radius 2 is 2.10 bits per heavy atom. The Morgan fingerprint density at radius 3 is 2.75 bits per heavy atom. The van der Waals surface area contributed by atoms with E-state index in [0.717, 1.165) is 10.4 Å². The van der Waals surface area contributed by atoms with Gasteiger partial charge < -0.3 is 10.5 Å². The van der Waals surface area contributed by atoms with Gasteiger partial charge in [0.2, 0.25) is 0 Å². The molecule has 0 amide bonds. The first-order valence-corrected chi connectivity index (χ1v) is 8.24. The van der Waals surface area contributed by atoms with Crippen molar-refractivity contribution < 1.29 is 13.2 Å². The van der Waals surface area contributed by atoms with E-state index in [1.165, 1.54) is 11.3 Å². The zero-order valence-electron chi connectivity index (χ0n) is 11.0. The second-order valence-electron chi connectivity index (χ2n) is 4.16. The van der Waals surface area contributed by atoms with E-state index in [0.29, 0.717) is 18.8 Å². The van der Waals surface area contributed by atoms with Crippen molar-refractivity contribution in [2.75, 3.05) is 11.8 Å². The number of hydrogen-bond donors (Lipinski definition) is 2. The first-order valence-electron chi connectivity index (χ1n) is 5.94. The van der Waals surface area contributed by atoms with Crippen LogP contribution in [0.2, 0.25) is 0 Å². The van der Waals surface area contributed by atoms with E-state index < -0.39 is 10.0 Å². The van der Waals surface area contributed by atoms with Crippen LogP contribution in [0.4, 0.5) is 5.69 Å². The molecule has 108 valence electrons. The van der Waals surface area contributed by atoms with Crippen LogP contribution < -0.4 is 10.5 Å². The van der Waals surface area contributed by atoms with Gasteiger partial charge in [0.05, 0.1) is 6.61 Å². The Bertz CT molecular complexity index is 680. The van der Waals surface area contributed by atoms with Crippen molar-refractivity contribution >= 4 is 27.0 Å². The molecule has 2 aromatic rings. The van der Waals surface area contributed by atoms with Gasteiger partial charge in [0.1, 0.15) is 4.21 Å². The molecule has 0 spiro atoms. The third kappa shape index (κ3) is 3.57. The summed E-state index contributed by atoms with van der Waals surface area (Å²) in [5, 5.41) is 0. The van der Waals surface area contributed by atoms with Crippen molar-refractivity contribution in [1.29, 1.82) is 0 Å². The number of nitrogens with two attached hydrogens (primary N) is 1. The predicted octanol–water partition coefficient (Wildman–Crippen LogP) is 2.15. The Balaban J connectivity index is 2.21. The highest BCUT2D eigenvalue weighted by molar-refractivity contribution is 7.94. The number of nitrogens with one attached hydrogen (secondary N) is 1. The summed E-state index contributed by atoms with van der Waals surface area (Å²) in [6.45, 7) is 0.773. The van der Waals surface area contributed by atoms with Crippen molar-refractivity contribution in [3.8, 4) is 0 Å². The van der Waals surface area contributed by atoms with Gasteiger partial charge in [-0.2, -0.15) is 0 Å². The van der Waals surface area contributed by atoms with Crippen LogP contribution in [0, 0.1) is 0 Å². The van der Waals surface area contributed by atoms with Gasteiger partial charge in [0.15, 0.2) is 0 Å². The number of thiophene rings is 1. The molecule has 0 aliphatic carbocycles. The molecule has 20 heavy (non-hydrogen) atoms. The maximum atomic E-state index is 12.2. The van der Waals surface area contributed by atoms with Crippen LogP contribution in [0.1, 0.15) is 10.4 Å². The lowest BCUT2D eigenvalue weighted by Gasteiger charge is -2.08. The number of benzene rings is 1. The number of hydrogen-bond acceptors (Lipinski definition) is 5. The number of ether oxygens (including phenoxy) is 1. The van der Waals surface area contributed by atoms with Gasteiger partial charge in [-0.1, -0.05) is 12.1 Å². The van der Waals surface area contributed by atoms with Crippen molar-refractivity contribution in [2.45, 2.75) is 17.4 Å². The van der Waals surface area contributed by atoms with Gasteiger partial charge in [-0.25, -0.2) is 8.42 Å². The normalized spacial score (nSPS) is 11.5. The van der Waals surface area contributed by atoms with E-state index in [1.54, 1.807) is 37.4 Å². The molecule has 5 nitrogen and oxygen atoms in total. The van der Waals surface area contributed by atoms with E-state index in [2.05, 4.69) is 4.72 Å². The third-order valence-electron chi connectivity index (χ3n) is 2.59. The first kappa shape index (κ1) is 15.0. The van der Waals surface area contributed by atoms with Crippen LogP contribution in [0.5, 0.6) is 0 Å². The van der Waals surface area contributed by atoms with Gasteiger partial charge in [-0.05, 0) is 29.8 Å². The lowest BCUT2D eigenvalue weighted by Crippen LogP contribution is -2.11. The van der Waals surface area contributed by atoms with Crippen LogP contribution in [0.25, 0.3) is 0 Å². The van der Waals surface area contributed by atoms with Gasteiger partial charge >= 0.3 is 0 Å². The standard InChI is InChI=1S/C13H16N2O3S2/c1-18-9-10-3-2-4-11(7-10)15-20(16,17)13-6-5-12(8-14)19-13/h2-7,15H,8-9,14H2,1H3. The molecular formula is C13H16N2O3S2. The van der Waals surface area contributed by atoms with Crippen LogP contribution in [0.15, 0.2) is 40.6 Å². The topological polar surface area (TPSA) is 81.4 Å². The Labute approximate surface area is 122 Å². The lowest BCUT2D eigenvalue weighted by atomic mass is 10.2. The van der Waals surface area contributed by atoms with Gasteiger partial charge in [0, 0.05) is 24.2 Å². The summed E-state index contributed by atoms with van der Waals surface area (Å²) in [6, 6.07) is 10.4. The van der Waals surface area contributed by atoms with Crippen molar-refractivity contribution in [2.24, 2.45) is 5.73 Å². The van der Waals surface area contributed by atoms with Gasteiger partial charge in [-0.15, -0.1) is 11.3 Å². The van der Waals surface area contributed by atoms with E-state index in [-0.39, 0.29) is 4.21 Å². The van der Waals surface area contributed by atoms with Crippen LogP contribution in [-0.4, -0.2) is 15.5 Å². The molecule has 0 unspecified atom stereocenters. The molecule has 1 aromatic heterocycles. The van der Waals surface area contributed by atoms with E-state index >= 15 is 0 Å². The average Bonchev–Trinajstić information content (AvgIpc) is 2.88. The smallest absolute Gasteiger partial charge is 0.271 e. The highest BCUT2D eigenvalue weighted by Gasteiger charge is 2.16. The minimum atomic E-state index is -3.56. The zero-order chi connectivity index (χ0) is 14.6. The average molecular weight is 312 g/mol. The highest BCUT2D eigenvalue weighted by atomic mass is 32.2. The first-order chi connectivity index (χ1) is 9.55. The molecule has 3 N–H and O–H groups in total. The molecule has 0 atom stereocenters. The lowest BCUT2D eigenvalue weighted by molar-refractivity contribution is 0.185. The summed E-state index contributed by atoms with van der Waals surface area (Å²) < 4.78 is 32.3. The summed E-state index contributed by atoms with van der Waals surface area (Å²) in [6.07, 6.45) is 0. The monoisotopic (exact) mass is 312 g/mol. The maximum Gasteiger partial charge on any atom is 0.271 e. The Hall–Kier alpha value is -1.41. The number of anilines is 1. The summed E-state index contributed by atoms with van der Waals surface area (Å²) in [7, 11) is -1.97. The molecule has 0 bridgehead atoms. The van der Waals surface area contributed by atoms with Crippen molar-refractivity contribution in [3.63, 3.8) is 0 Å². The SMILES string of the molecule is COCc1cccc(NS(=O)(=O)c2ccc(CN)s2)c1. The quantitative estimate of drug-likeness (QED) is 0.856. The highest BCUT2D eigenvalue weighted by Crippen LogP contribution is 2.24. The maximum absolute atomic E-state index is 12.2. The molecule has 0 radical (unpaired) electrons. The summed E-state index contributed by atoms with van der Waals surface area (Å²) >= 11 is 1.17. The fourth-order valence-corrected chi connectivity index (χ4v) is 3.99. The number of sulfonamides is 1. The zero-order valence-corrected chi connectivity index (χ0v) is 12.6. The molecule has 2 rings (SSSR count). The second-order valence-corrected chi connectivity index (χ2v) is 7.24.